The molecule has 1 atom stereocenters. The van der Waals surface area contributed by atoms with Crippen molar-refractivity contribution in [2.24, 2.45) is 0 Å². The highest BCUT2D eigenvalue weighted by Gasteiger charge is 2.12. The zero-order chi connectivity index (χ0) is 15.4. The molecule has 1 heterocycles. The van der Waals surface area contributed by atoms with Crippen molar-refractivity contribution in [1.29, 1.82) is 0 Å². The number of aromatic hydroxyl groups is 1. The zero-order valence-corrected chi connectivity index (χ0v) is 12.2. The van der Waals surface area contributed by atoms with Crippen LogP contribution in [0.15, 0.2) is 55.1 Å². The number of fused-ring (bicyclic) bond motifs is 1. The molecular formula is C17H19N3O2. The summed E-state index contributed by atoms with van der Waals surface area (Å²) in [4.78, 5) is 3.98. The fourth-order valence-corrected chi connectivity index (χ4v) is 2.49. The standard InChI is InChI=1S/C17H19N3O2/c21-16-11-14-5-2-1-4-13(14)10-15(16)17(22)19-6-3-8-20-9-7-18-12-20/h1-2,4-5,7,9-12,17,19,21-22H,3,6,8H2. The fraction of sp³-hybridized carbons (Fsp3) is 0.235. The van der Waals surface area contributed by atoms with Crippen LogP contribution in [0.2, 0.25) is 0 Å². The van der Waals surface area contributed by atoms with E-state index in [1.165, 1.54) is 0 Å². The van der Waals surface area contributed by atoms with E-state index in [0.717, 1.165) is 23.7 Å². The number of hydrogen-bond acceptors (Lipinski definition) is 4. The molecule has 22 heavy (non-hydrogen) atoms. The lowest BCUT2D eigenvalue weighted by Crippen LogP contribution is -2.23. The van der Waals surface area contributed by atoms with Gasteiger partial charge < -0.3 is 14.8 Å². The molecule has 0 saturated carbocycles. The summed E-state index contributed by atoms with van der Waals surface area (Å²) in [6.45, 7) is 1.48. The predicted molar refractivity (Wildman–Crippen MR) is 85.4 cm³/mol. The van der Waals surface area contributed by atoms with Gasteiger partial charge in [0.05, 0.1) is 6.33 Å². The number of aliphatic hydroxyl groups excluding tert-OH is 1. The van der Waals surface area contributed by atoms with Crippen LogP contribution in [0, 0.1) is 0 Å². The molecule has 0 saturated heterocycles. The van der Waals surface area contributed by atoms with Gasteiger partial charge in [-0.25, -0.2) is 4.98 Å². The van der Waals surface area contributed by atoms with Crippen LogP contribution in [0.25, 0.3) is 10.8 Å². The minimum Gasteiger partial charge on any atom is -0.507 e. The Kier molecular flexibility index (Phi) is 4.37. The topological polar surface area (TPSA) is 70.3 Å². The normalized spacial score (nSPS) is 12.6. The molecule has 2 aromatic carbocycles. The van der Waals surface area contributed by atoms with E-state index in [2.05, 4.69) is 10.3 Å². The van der Waals surface area contributed by atoms with Gasteiger partial charge in [-0.3, -0.25) is 5.32 Å². The molecule has 114 valence electrons. The highest BCUT2D eigenvalue weighted by Crippen LogP contribution is 2.28. The summed E-state index contributed by atoms with van der Waals surface area (Å²) < 4.78 is 1.99. The number of nitrogens with one attached hydrogen (secondary N) is 1. The summed E-state index contributed by atoms with van der Waals surface area (Å²) in [5.41, 5.74) is 0.501. The summed E-state index contributed by atoms with van der Waals surface area (Å²) >= 11 is 0. The molecule has 0 amide bonds. The van der Waals surface area contributed by atoms with Crippen LogP contribution in [-0.4, -0.2) is 26.3 Å². The molecule has 3 aromatic rings. The van der Waals surface area contributed by atoms with Crippen molar-refractivity contribution in [1.82, 2.24) is 14.9 Å². The lowest BCUT2D eigenvalue weighted by Gasteiger charge is -2.15. The first-order valence-electron chi connectivity index (χ1n) is 7.33. The van der Waals surface area contributed by atoms with Gasteiger partial charge in [-0.15, -0.1) is 0 Å². The van der Waals surface area contributed by atoms with E-state index in [1.807, 2.05) is 41.1 Å². The van der Waals surface area contributed by atoms with Crippen molar-refractivity contribution in [2.45, 2.75) is 19.2 Å². The maximum Gasteiger partial charge on any atom is 0.134 e. The van der Waals surface area contributed by atoms with Gasteiger partial charge in [-0.2, -0.15) is 0 Å². The maximum absolute atomic E-state index is 10.2. The Morgan fingerprint density at radius 2 is 1.95 bits per heavy atom. The molecule has 0 aliphatic heterocycles. The Bertz CT molecular complexity index is 741. The van der Waals surface area contributed by atoms with E-state index in [-0.39, 0.29) is 5.75 Å². The molecule has 0 radical (unpaired) electrons. The number of hydrogen-bond donors (Lipinski definition) is 3. The lowest BCUT2D eigenvalue weighted by molar-refractivity contribution is 0.135. The number of imidazole rings is 1. The summed E-state index contributed by atoms with van der Waals surface area (Å²) in [6, 6.07) is 11.3. The van der Waals surface area contributed by atoms with E-state index >= 15 is 0 Å². The highest BCUT2D eigenvalue weighted by molar-refractivity contribution is 5.84. The predicted octanol–water partition coefficient (Wildman–Crippen LogP) is 2.41. The molecular weight excluding hydrogens is 278 g/mol. The highest BCUT2D eigenvalue weighted by atomic mass is 16.3. The summed E-state index contributed by atoms with van der Waals surface area (Å²) in [6.07, 6.45) is 5.40. The summed E-state index contributed by atoms with van der Waals surface area (Å²) in [5, 5.41) is 25.3. The number of rotatable bonds is 6. The molecule has 5 heteroatoms. The van der Waals surface area contributed by atoms with Crippen LogP contribution in [0.3, 0.4) is 0 Å². The average molecular weight is 297 g/mol. The van der Waals surface area contributed by atoms with Crippen molar-refractivity contribution in [2.75, 3.05) is 6.54 Å². The average Bonchev–Trinajstić information content (AvgIpc) is 3.04. The molecule has 0 bridgehead atoms. The second-order valence-corrected chi connectivity index (χ2v) is 5.27. The van der Waals surface area contributed by atoms with Gasteiger partial charge in [0, 0.05) is 24.5 Å². The number of aromatic nitrogens is 2. The van der Waals surface area contributed by atoms with E-state index in [0.29, 0.717) is 12.1 Å². The first-order valence-corrected chi connectivity index (χ1v) is 7.33. The SMILES string of the molecule is Oc1cc2ccccc2cc1C(O)NCCCn1ccnc1. The Balaban J connectivity index is 1.61. The van der Waals surface area contributed by atoms with Crippen LogP contribution < -0.4 is 5.32 Å². The van der Waals surface area contributed by atoms with Gasteiger partial charge >= 0.3 is 0 Å². The van der Waals surface area contributed by atoms with Crippen LogP contribution in [0.4, 0.5) is 0 Å². The van der Waals surface area contributed by atoms with E-state index in [1.54, 1.807) is 18.6 Å². The van der Waals surface area contributed by atoms with Crippen molar-refractivity contribution in [3.8, 4) is 5.75 Å². The minimum atomic E-state index is -0.882. The van der Waals surface area contributed by atoms with Gasteiger partial charge in [0.25, 0.3) is 0 Å². The van der Waals surface area contributed by atoms with Crippen LogP contribution in [0.5, 0.6) is 5.75 Å². The van der Waals surface area contributed by atoms with Crippen LogP contribution in [-0.2, 0) is 6.54 Å². The van der Waals surface area contributed by atoms with Crippen molar-refractivity contribution < 1.29 is 10.2 Å². The number of aryl methyl sites for hydroxylation is 1. The Morgan fingerprint density at radius 1 is 1.18 bits per heavy atom. The van der Waals surface area contributed by atoms with Crippen LogP contribution >= 0.6 is 0 Å². The second-order valence-electron chi connectivity index (χ2n) is 5.27. The summed E-state index contributed by atoms with van der Waals surface area (Å²) in [5.74, 6) is 0.105. The minimum absolute atomic E-state index is 0.105. The molecule has 5 nitrogen and oxygen atoms in total. The third-order valence-corrected chi connectivity index (χ3v) is 3.68. The zero-order valence-electron chi connectivity index (χ0n) is 12.2. The Labute approximate surface area is 128 Å². The molecule has 0 aliphatic carbocycles. The van der Waals surface area contributed by atoms with Crippen molar-refractivity contribution >= 4 is 10.8 Å². The number of aliphatic hydroxyl groups is 1. The molecule has 1 unspecified atom stereocenters. The van der Waals surface area contributed by atoms with E-state index < -0.39 is 6.23 Å². The number of nitrogens with zero attached hydrogens (tertiary/aromatic N) is 2. The summed E-state index contributed by atoms with van der Waals surface area (Å²) in [7, 11) is 0. The third kappa shape index (κ3) is 3.27. The van der Waals surface area contributed by atoms with Gasteiger partial charge in [0.1, 0.15) is 12.0 Å². The smallest absolute Gasteiger partial charge is 0.134 e. The molecule has 0 spiro atoms. The largest absolute Gasteiger partial charge is 0.507 e. The van der Waals surface area contributed by atoms with Crippen molar-refractivity contribution in [3.05, 3.63) is 60.7 Å². The molecule has 3 N–H and O–H groups in total. The van der Waals surface area contributed by atoms with E-state index in [4.69, 9.17) is 0 Å². The Morgan fingerprint density at radius 3 is 2.68 bits per heavy atom. The molecule has 1 aromatic heterocycles. The van der Waals surface area contributed by atoms with Crippen LogP contribution in [0.1, 0.15) is 18.2 Å². The molecule has 0 aliphatic rings. The quantitative estimate of drug-likeness (QED) is 0.483. The maximum atomic E-state index is 10.2. The third-order valence-electron chi connectivity index (χ3n) is 3.68. The van der Waals surface area contributed by atoms with E-state index in [9.17, 15) is 10.2 Å². The molecule has 3 rings (SSSR count). The number of benzene rings is 2. The first-order chi connectivity index (χ1) is 10.7. The monoisotopic (exact) mass is 297 g/mol. The number of phenolic OH excluding ortho intramolecular Hbond substituents is 1. The van der Waals surface area contributed by atoms with Gasteiger partial charge in [0.2, 0.25) is 0 Å². The van der Waals surface area contributed by atoms with Gasteiger partial charge in [-0.05, 0) is 35.9 Å². The fourth-order valence-electron chi connectivity index (χ4n) is 2.49. The lowest BCUT2D eigenvalue weighted by atomic mass is 10.0. The number of phenols is 1. The molecule has 0 fully saturated rings. The van der Waals surface area contributed by atoms with Crippen molar-refractivity contribution in [3.63, 3.8) is 0 Å². The Hall–Kier alpha value is -2.37. The van der Waals surface area contributed by atoms with Gasteiger partial charge in [0.15, 0.2) is 0 Å². The second kappa shape index (κ2) is 6.60. The van der Waals surface area contributed by atoms with Gasteiger partial charge in [-0.1, -0.05) is 24.3 Å². The first kappa shape index (κ1) is 14.6.